The summed E-state index contributed by atoms with van der Waals surface area (Å²) < 4.78 is 0. The standard InChI is InChI=1S/C20H20N6O2/c1-25(15-9-5-3-6-10-15)19(27)23-17-13-14-21-18(22-17)24-20(28)26(2)16-11-7-4-8-12-16/h3-14H,1-2H3,(H2,21,22,23,24,27,28). The van der Waals surface area contributed by atoms with E-state index in [1.54, 1.807) is 20.2 Å². The molecule has 3 rings (SSSR count). The molecule has 0 unspecified atom stereocenters. The van der Waals surface area contributed by atoms with Crippen LogP contribution in [-0.4, -0.2) is 36.1 Å². The molecule has 0 saturated heterocycles. The van der Waals surface area contributed by atoms with Crippen LogP contribution in [0.3, 0.4) is 0 Å². The number of carbonyl (C=O) groups is 2. The summed E-state index contributed by atoms with van der Waals surface area (Å²) in [4.78, 5) is 35.9. The molecule has 0 aliphatic heterocycles. The van der Waals surface area contributed by atoms with Crippen molar-refractivity contribution in [1.82, 2.24) is 9.97 Å². The molecule has 0 bridgehead atoms. The Morgan fingerprint density at radius 1 is 0.750 bits per heavy atom. The van der Waals surface area contributed by atoms with Gasteiger partial charge in [-0.05, 0) is 30.3 Å². The second-order valence-corrected chi connectivity index (χ2v) is 5.91. The maximum Gasteiger partial charge on any atom is 0.328 e. The Hall–Kier alpha value is -3.94. The van der Waals surface area contributed by atoms with Crippen LogP contribution in [0.15, 0.2) is 72.9 Å². The Balaban J connectivity index is 1.65. The fourth-order valence-corrected chi connectivity index (χ4v) is 2.40. The molecule has 1 heterocycles. The van der Waals surface area contributed by atoms with Crippen molar-refractivity contribution >= 4 is 35.2 Å². The second-order valence-electron chi connectivity index (χ2n) is 5.91. The summed E-state index contributed by atoms with van der Waals surface area (Å²) in [6.07, 6.45) is 1.46. The SMILES string of the molecule is CN(C(=O)Nc1ccnc(NC(=O)N(C)c2ccccc2)n1)c1ccccc1. The molecule has 3 aromatic rings. The normalized spacial score (nSPS) is 10.1. The van der Waals surface area contributed by atoms with E-state index in [0.29, 0.717) is 0 Å². The number of para-hydroxylation sites is 2. The van der Waals surface area contributed by atoms with Crippen LogP contribution < -0.4 is 20.4 Å². The molecule has 0 aliphatic carbocycles. The van der Waals surface area contributed by atoms with Gasteiger partial charge in [0, 0.05) is 31.7 Å². The van der Waals surface area contributed by atoms with Crippen LogP contribution in [-0.2, 0) is 0 Å². The molecule has 142 valence electrons. The number of benzene rings is 2. The van der Waals surface area contributed by atoms with E-state index in [0.717, 1.165) is 11.4 Å². The molecule has 4 amide bonds. The minimum atomic E-state index is -0.393. The number of hydrogen-bond acceptors (Lipinski definition) is 4. The highest BCUT2D eigenvalue weighted by molar-refractivity contribution is 6.02. The highest BCUT2D eigenvalue weighted by Crippen LogP contribution is 2.15. The highest BCUT2D eigenvalue weighted by atomic mass is 16.2. The van der Waals surface area contributed by atoms with Crippen molar-refractivity contribution in [3.63, 3.8) is 0 Å². The monoisotopic (exact) mass is 376 g/mol. The van der Waals surface area contributed by atoms with Crippen LogP contribution in [0, 0.1) is 0 Å². The average Bonchev–Trinajstić information content (AvgIpc) is 2.74. The van der Waals surface area contributed by atoms with Crippen LogP contribution >= 0.6 is 0 Å². The number of nitrogens with zero attached hydrogens (tertiary/aromatic N) is 4. The predicted molar refractivity (Wildman–Crippen MR) is 110 cm³/mol. The largest absolute Gasteiger partial charge is 0.328 e. The van der Waals surface area contributed by atoms with Gasteiger partial charge in [-0.3, -0.25) is 20.4 Å². The number of anilines is 4. The zero-order chi connectivity index (χ0) is 19.9. The predicted octanol–water partition coefficient (Wildman–Crippen LogP) is 3.81. The van der Waals surface area contributed by atoms with Crippen molar-refractivity contribution in [1.29, 1.82) is 0 Å². The lowest BCUT2D eigenvalue weighted by Crippen LogP contribution is -2.33. The lowest BCUT2D eigenvalue weighted by atomic mass is 10.3. The number of aromatic nitrogens is 2. The smallest absolute Gasteiger partial charge is 0.297 e. The first kappa shape index (κ1) is 18.8. The van der Waals surface area contributed by atoms with Crippen LogP contribution in [0.1, 0.15) is 0 Å². The van der Waals surface area contributed by atoms with Gasteiger partial charge in [0.25, 0.3) is 0 Å². The molecule has 0 saturated carbocycles. The van der Waals surface area contributed by atoms with E-state index in [1.165, 1.54) is 16.0 Å². The van der Waals surface area contributed by atoms with Gasteiger partial charge in [-0.1, -0.05) is 36.4 Å². The van der Waals surface area contributed by atoms with Crippen molar-refractivity contribution in [3.05, 3.63) is 72.9 Å². The van der Waals surface area contributed by atoms with Gasteiger partial charge in [-0.15, -0.1) is 0 Å². The van der Waals surface area contributed by atoms with E-state index in [-0.39, 0.29) is 17.8 Å². The third-order valence-electron chi connectivity index (χ3n) is 4.01. The topological polar surface area (TPSA) is 90.5 Å². The summed E-state index contributed by atoms with van der Waals surface area (Å²) in [5.41, 5.74) is 1.47. The third kappa shape index (κ3) is 4.61. The van der Waals surface area contributed by atoms with Crippen molar-refractivity contribution in [2.75, 3.05) is 34.5 Å². The summed E-state index contributed by atoms with van der Waals surface area (Å²) in [6, 6.07) is 19.2. The second kappa shape index (κ2) is 8.63. The average molecular weight is 376 g/mol. The quantitative estimate of drug-likeness (QED) is 0.724. The molecule has 8 heteroatoms. The first-order chi connectivity index (χ1) is 13.5. The molecule has 0 radical (unpaired) electrons. The molecule has 2 N–H and O–H groups in total. The minimum Gasteiger partial charge on any atom is -0.297 e. The van der Waals surface area contributed by atoms with E-state index in [1.807, 2.05) is 60.7 Å². The molecule has 28 heavy (non-hydrogen) atoms. The molecule has 0 aliphatic rings. The first-order valence-electron chi connectivity index (χ1n) is 8.57. The molecule has 2 aromatic carbocycles. The fraction of sp³-hybridized carbons (Fsp3) is 0.100. The number of carbonyl (C=O) groups excluding carboxylic acids is 2. The van der Waals surface area contributed by atoms with Crippen molar-refractivity contribution in [2.24, 2.45) is 0 Å². The van der Waals surface area contributed by atoms with E-state index in [9.17, 15) is 9.59 Å². The van der Waals surface area contributed by atoms with Crippen molar-refractivity contribution in [3.8, 4) is 0 Å². The van der Waals surface area contributed by atoms with E-state index < -0.39 is 6.03 Å². The maximum absolute atomic E-state index is 12.4. The maximum atomic E-state index is 12.4. The number of rotatable bonds is 4. The Labute approximate surface area is 162 Å². The molecular weight excluding hydrogens is 356 g/mol. The molecule has 8 nitrogen and oxygen atoms in total. The molecule has 0 fully saturated rings. The van der Waals surface area contributed by atoms with Gasteiger partial charge < -0.3 is 0 Å². The van der Waals surface area contributed by atoms with Gasteiger partial charge in [-0.2, -0.15) is 4.98 Å². The summed E-state index contributed by atoms with van der Waals surface area (Å²) in [6.45, 7) is 0. The Morgan fingerprint density at radius 2 is 1.25 bits per heavy atom. The van der Waals surface area contributed by atoms with Gasteiger partial charge in [0.05, 0.1) is 0 Å². The van der Waals surface area contributed by atoms with Crippen LogP contribution in [0.5, 0.6) is 0 Å². The van der Waals surface area contributed by atoms with Gasteiger partial charge in [0.15, 0.2) is 0 Å². The third-order valence-corrected chi connectivity index (χ3v) is 4.01. The Morgan fingerprint density at radius 3 is 1.79 bits per heavy atom. The lowest BCUT2D eigenvalue weighted by Gasteiger charge is -2.18. The number of hydrogen-bond donors (Lipinski definition) is 2. The van der Waals surface area contributed by atoms with Crippen molar-refractivity contribution in [2.45, 2.75) is 0 Å². The zero-order valence-electron chi connectivity index (χ0n) is 15.5. The summed E-state index contributed by atoms with van der Waals surface area (Å²) in [5.74, 6) is 0.369. The van der Waals surface area contributed by atoms with E-state index >= 15 is 0 Å². The number of urea groups is 2. The van der Waals surface area contributed by atoms with Crippen LogP contribution in [0.4, 0.5) is 32.7 Å². The van der Waals surface area contributed by atoms with Gasteiger partial charge in [0.2, 0.25) is 5.95 Å². The summed E-state index contributed by atoms with van der Waals surface area (Å²) in [7, 11) is 3.30. The molecular formula is C20H20N6O2. The molecule has 1 aromatic heterocycles. The van der Waals surface area contributed by atoms with Crippen molar-refractivity contribution < 1.29 is 9.59 Å². The van der Waals surface area contributed by atoms with E-state index in [2.05, 4.69) is 20.6 Å². The van der Waals surface area contributed by atoms with E-state index in [4.69, 9.17) is 0 Å². The van der Waals surface area contributed by atoms with Crippen LogP contribution in [0.2, 0.25) is 0 Å². The molecule has 0 spiro atoms. The summed E-state index contributed by atoms with van der Waals surface area (Å²) in [5, 5.41) is 5.30. The van der Waals surface area contributed by atoms with Crippen LogP contribution in [0.25, 0.3) is 0 Å². The summed E-state index contributed by atoms with van der Waals surface area (Å²) >= 11 is 0. The van der Waals surface area contributed by atoms with Gasteiger partial charge in [0.1, 0.15) is 5.82 Å². The fourth-order valence-electron chi connectivity index (χ4n) is 2.40. The van der Waals surface area contributed by atoms with Gasteiger partial charge in [-0.25, -0.2) is 14.6 Å². The Bertz CT molecular complexity index is 874. The van der Waals surface area contributed by atoms with Gasteiger partial charge >= 0.3 is 12.1 Å². The highest BCUT2D eigenvalue weighted by Gasteiger charge is 2.14. The number of amides is 4. The number of nitrogens with one attached hydrogen (secondary N) is 2. The Kier molecular flexibility index (Phi) is 5.81. The zero-order valence-corrected chi connectivity index (χ0v) is 15.5. The first-order valence-corrected chi connectivity index (χ1v) is 8.57. The molecule has 0 atom stereocenters. The lowest BCUT2D eigenvalue weighted by molar-refractivity contribution is 0.257. The minimum absolute atomic E-state index is 0.0907.